The van der Waals surface area contributed by atoms with E-state index >= 15 is 0 Å². The molecule has 0 fully saturated rings. The molecule has 0 rings (SSSR count). The van der Waals surface area contributed by atoms with Gasteiger partial charge < -0.3 is 4.79 Å². The molecule has 0 spiro atoms. The van der Waals surface area contributed by atoms with Crippen LogP contribution in [-0.4, -0.2) is 21.9 Å². The Morgan fingerprint density at radius 3 is 1.86 bits per heavy atom. The fourth-order valence-electron chi connectivity index (χ4n) is 1.20. The van der Waals surface area contributed by atoms with Gasteiger partial charge in [-0.3, -0.25) is 0 Å². The van der Waals surface area contributed by atoms with Gasteiger partial charge in [0.25, 0.3) is 0 Å². The minimum Gasteiger partial charge on any atom is -0.301 e. The first-order chi connectivity index (χ1) is 6.49. The van der Waals surface area contributed by atoms with Crippen LogP contribution in [0.25, 0.3) is 0 Å². The molecule has 0 bridgehead atoms. The number of hydrogen-bond donors (Lipinski definition) is 0. The Balaban J connectivity index is 5.00. The molecule has 0 aliphatic heterocycles. The van der Waals surface area contributed by atoms with E-state index in [1.54, 1.807) is 23.5 Å². The Morgan fingerprint density at radius 2 is 1.64 bits per heavy atom. The number of rotatable bonds is 7. The van der Waals surface area contributed by atoms with Crippen molar-refractivity contribution in [1.29, 1.82) is 0 Å². The minimum atomic E-state index is -0.377. The van der Waals surface area contributed by atoms with E-state index in [-0.39, 0.29) is 9.49 Å². The summed E-state index contributed by atoms with van der Waals surface area (Å²) in [5, 5.41) is 0. The van der Waals surface area contributed by atoms with Crippen LogP contribution in [0.5, 0.6) is 0 Å². The van der Waals surface area contributed by atoms with Crippen molar-refractivity contribution < 1.29 is 4.79 Å². The zero-order valence-electron chi connectivity index (χ0n) is 9.50. The predicted octanol–water partition coefficient (Wildman–Crippen LogP) is 3.60. The average molecular weight is 232 g/mol. The Kier molecular flexibility index (Phi) is 5.91. The van der Waals surface area contributed by atoms with Gasteiger partial charge in [0, 0.05) is 5.41 Å². The quantitative estimate of drug-likeness (QED) is 0.379. The summed E-state index contributed by atoms with van der Waals surface area (Å²) in [6, 6.07) is 0. The SMILES string of the molecule is C=CC(C)(C)C(C=O)(SCC)SCC. The Morgan fingerprint density at radius 1 is 1.21 bits per heavy atom. The van der Waals surface area contributed by atoms with Crippen LogP contribution in [0.15, 0.2) is 12.7 Å². The van der Waals surface area contributed by atoms with Crippen LogP contribution in [0.2, 0.25) is 0 Å². The van der Waals surface area contributed by atoms with Crippen molar-refractivity contribution in [2.24, 2.45) is 5.41 Å². The molecule has 0 aliphatic rings. The third kappa shape index (κ3) is 2.80. The normalized spacial score (nSPS) is 12.6. The lowest BCUT2D eigenvalue weighted by Gasteiger charge is -2.39. The predicted molar refractivity (Wildman–Crippen MR) is 69.0 cm³/mol. The molecule has 0 aromatic rings. The lowest BCUT2D eigenvalue weighted by molar-refractivity contribution is -0.109. The van der Waals surface area contributed by atoms with Crippen molar-refractivity contribution in [3.63, 3.8) is 0 Å². The summed E-state index contributed by atoms with van der Waals surface area (Å²) in [5.74, 6) is 1.89. The van der Waals surface area contributed by atoms with Crippen LogP contribution in [0.1, 0.15) is 27.7 Å². The van der Waals surface area contributed by atoms with Crippen molar-refractivity contribution in [2.45, 2.75) is 31.8 Å². The van der Waals surface area contributed by atoms with Gasteiger partial charge in [-0.2, -0.15) is 0 Å². The highest BCUT2D eigenvalue weighted by Gasteiger charge is 2.43. The van der Waals surface area contributed by atoms with Crippen molar-refractivity contribution in [3.8, 4) is 0 Å². The Bertz CT molecular complexity index is 193. The molecule has 0 amide bonds. The van der Waals surface area contributed by atoms with E-state index < -0.39 is 0 Å². The summed E-state index contributed by atoms with van der Waals surface area (Å²) < 4.78 is -0.377. The third-order valence-electron chi connectivity index (χ3n) is 2.28. The first kappa shape index (κ1) is 14.1. The first-order valence-electron chi connectivity index (χ1n) is 4.87. The molecule has 1 nitrogen and oxygen atoms in total. The van der Waals surface area contributed by atoms with Gasteiger partial charge in [0.2, 0.25) is 0 Å². The number of thioether (sulfide) groups is 2. The highest BCUT2D eigenvalue weighted by atomic mass is 32.2. The molecule has 0 unspecified atom stereocenters. The van der Waals surface area contributed by atoms with Crippen LogP contribution in [0, 0.1) is 5.41 Å². The van der Waals surface area contributed by atoms with Crippen molar-refractivity contribution >= 4 is 29.8 Å². The summed E-state index contributed by atoms with van der Waals surface area (Å²) in [6.45, 7) is 12.1. The second kappa shape index (κ2) is 5.86. The van der Waals surface area contributed by atoms with Crippen LogP contribution in [0.4, 0.5) is 0 Å². The Labute approximate surface area is 96.1 Å². The Hall–Kier alpha value is 0.110. The van der Waals surface area contributed by atoms with Crippen LogP contribution >= 0.6 is 23.5 Å². The van der Waals surface area contributed by atoms with Crippen LogP contribution < -0.4 is 0 Å². The average Bonchev–Trinajstić information content (AvgIpc) is 2.17. The highest BCUT2D eigenvalue weighted by molar-refractivity contribution is 8.19. The molecule has 0 heterocycles. The van der Waals surface area contributed by atoms with Gasteiger partial charge >= 0.3 is 0 Å². The van der Waals surface area contributed by atoms with Gasteiger partial charge in [-0.15, -0.1) is 30.1 Å². The van der Waals surface area contributed by atoms with Crippen molar-refractivity contribution in [3.05, 3.63) is 12.7 Å². The molecule has 0 saturated heterocycles. The lowest BCUT2D eigenvalue weighted by atomic mass is 9.89. The van der Waals surface area contributed by atoms with Gasteiger partial charge in [-0.05, 0) is 11.5 Å². The molecular weight excluding hydrogens is 212 g/mol. The monoisotopic (exact) mass is 232 g/mol. The van der Waals surface area contributed by atoms with E-state index in [0.29, 0.717) is 0 Å². The van der Waals surface area contributed by atoms with Crippen LogP contribution in [0.3, 0.4) is 0 Å². The molecule has 0 aliphatic carbocycles. The van der Waals surface area contributed by atoms with E-state index in [4.69, 9.17) is 0 Å². The van der Waals surface area contributed by atoms with E-state index in [0.717, 1.165) is 17.8 Å². The molecule has 82 valence electrons. The fraction of sp³-hybridized carbons (Fsp3) is 0.727. The number of hydrogen-bond acceptors (Lipinski definition) is 3. The maximum atomic E-state index is 11.3. The molecular formula is C11H20OS2. The molecule has 0 radical (unpaired) electrons. The number of allylic oxidation sites excluding steroid dienone is 1. The standard InChI is InChI=1S/C11H20OS2/c1-6-10(4,5)11(9-12,13-7-2)14-8-3/h6,9H,1,7-8H2,2-5H3. The zero-order valence-corrected chi connectivity index (χ0v) is 11.1. The second-order valence-corrected chi connectivity index (χ2v) is 6.86. The van der Waals surface area contributed by atoms with Gasteiger partial charge in [-0.25, -0.2) is 0 Å². The molecule has 0 atom stereocenters. The largest absolute Gasteiger partial charge is 0.301 e. The highest BCUT2D eigenvalue weighted by Crippen LogP contribution is 2.49. The number of aldehydes is 1. The summed E-state index contributed by atoms with van der Waals surface area (Å²) in [7, 11) is 0. The third-order valence-corrected chi connectivity index (χ3v) is 5.67. The number of carbonyl (C=O) groups excluding carboxylic acids is 1. The maximum absolute atomic E-state index is 11.3. The second-order valence-electron chi connectivity index (χ2n) is 3.58. The zero-order chi connectivity index (χ0) is 11.2. The van der Waals surface area contributed by atoms with Gasteiger partial charge in [-0.1, -0.05) is 33.8 Å². The molecule has 0 aromatic heterocycles. The number of carbonyl (C=O) groups is 1. The van der Waals surface area contributed by atoms with Crippen LogP contribution in [-0.2, 0) is 4.79 Å². The van der Waals surface area contributed by atoms with Crippen molar-refractivity contribution in [2.75, 3.05) is 11.5 Å². The van der Waals surface area contributed by atoms with Gasteiger partial charge in [0.05, 0.1) is 0 Å². The lowest BCUT2D eigenvalue weighted by Crippen LogP contribution is -2.39. The van der Waals surface area contributed by atoms with E-state index in [1.165, 1.54) is 0 Å². The van der Waals surface area contributed by atoms with Gasteiger partial charge in [0.15, 0.2) is 0 Å². The fourth-order valence-corrected chi connectivity index (χ4v) is 4.15. The molecule has 0 saturated carbocycles. The summed E-state index contributed by atoms with van der Waals surface area (Å²) >= 11 is 3.41. The maximum Gasteiger partial charge on any atom is 0.146 e. The molecule has 3 heteroatoms. The van der Waals surface area contributed by atoms with E-state index in [1.807, 2.05) is 6.08 Å². The molecule has 14 heavy (non-hydrogen) atoms. The van der Waals surface area contributed by atoms with E-state index in [9.17, 15) is 4.79 Å². The summed E-state index contributed by atoms with van der Waals surface area (Å²) in [5.41, 5.74) is -0.171. The minimum absolute atomic E-state index is 0.171. The molecule has 0 N–H and O–H groups in total. The summed E-state index contributed by atoms with van der Waals surface area (Å²) in [6.07, 6.45) is 2.96. The van der Waals surface area contributed by atoms with Gasteiger partial charge in [0.1, 0.15) is 10.4 Å². The first-order valence-corrected chi connectivity index (χ1v) is 6.84. The smallest absolute Gasteiger partial charge is 0.146 e. The molecule has 0 aromatic carbocycles. The van der Waals surface area contributed by atoms with Crippen molar-refractivity contribution in [1.82, 2.24) is 0 Å². The summed E-state index contributed by atoms with van der Waals surface area (Å²) in [4.78, 5) is 11.3. The van der Waals surface area contributed by atoms with E-state index in [2.05, 4.69) is 34.3 Å². The topological polar surface area (TPSA) is 17.1 Å².